The molecule has 1 rings (SSSR count). The van der Waals surface area contributed by atoms with E-state index < -0.39 is 5.97 Å². The summed E-state index contributed by atoms with van der Waals surface area (Å²) in [4.78, 5) is 11.3. The van der Waals surface area contributed by atoms with Crippen LogP contribution >= 0.6 is 23.2 Å². The molecular weight excluding hydrogens is 225 g/mol. The lowest BCUT2D eigenvalue weighted by Crippen LogP contribution is -2.08. The summed E-state index contributed by atoms with van der Waals surface area (Å²) in [5.41, 5.74) is 6.57. The number of hydrogen-bond acceptors (Lipinski definition) is 3. The van der Waals surface area contributed by atoms with E-state index in [1.807, 2.05) is 0 Å². The van der Waals surface area contributed by atoms with Crippen LogP contribution in [0.5, 0.6) is 0 Å². The van der Waals surface area contributed by atoms with Crippen LogP contribution in [0.1, 0.15) is 15.9 Å². The second kappa shape index (κ2) is 4.07. The summed E-state index contributed by atoms with van der Waals surface area (Å²) in [6.07, 6.45) is 0. The summed E-state index contributed by atoms with van der Waals surface area (Å²) >= 11 is 11.7. The molecule has 5 heteroatoms. The lowest BCUT2D eigenvalue weighted by molar-refractivity contribution is 0.0602. The van der Waals surface area contributed by atoms with Gasteiger partial charge in [0.25, 0.3) is 0 Å². The third-order valence-corrected chi connectivity index (χ3v) is 2.62. The van der Waals surface area contributed by atoms with Crippen LogP contribution in [-0.2, 0) is 4.74 Å². The van der Waals surface area contributed by atoms with Crippen LogP contribution in [0.25, 0.3) is 0 Å². The quantitative estimate of drug-likeness (QED) is 0.600. The topological polar surface area (TPSA) is 52.3 Å². The lowest BCUT2D eigenvalue weighted by Gasteiger charge is -2.09. The molecule has 0 amide bonds. The highest BCUT2D eigenvalue weighted by Crippen LogP contribution is 2.32. The van der Waals surface area contributed by atoms with E-state index in [1.165, 1.54) is 7.11 Å². The van der Waals surface area contributed by atoms with Crippen LogP contribution in [-0.4, -0.2) is 13.1 Å². The highest BCUT2D eigenvalue weighted by atomic mass is 35.5. The van der Waals surface area contributed by atoms with E-state index in [4.69, 9.17) is 28.9 Å². The van der Waals surface area contributed by atoms with Gasteiger partial charge in [-0.3, -0.25) is 0 Å². The second-order valence-electron chi connectivity index (χ2n) is 2.77. The maximum atomic E-state index is 11.3. The van der Waals surface area contributed by atoms with E-state index in [2.05, 4.69) is 4.74 Å². The first kappa shape index (κ1) is 11.1. The Balaban J connectivity index is 3.47. The minimum absolute atomic E-state index is 0.124. The molecule has 1 aromatic rings. The number of nitrogen functional groups attached to an aromatic ring is 1. The average molecular weight is 234 g/mol. The molecule has 2 N–H and O–H groups in total. The van der Waals surface area contributed by atoms with Crippen LogP contribution in [0.3, 0.4) is 0 Å². The van der Waals surface area contributed by atoms with Crippen molar-refractivity contribution in [1.29, 1.82) is 0 Å². The van der Waals surface area contributed by atoms with Crippen molar-refractivity contribution in [3.05, 3.63) is 27.2 Å². The number of esters is 1. The summed E-state index contributed by atoms with van der Waals surface area (Å²) in [7, 11) is 1.26. The van der Waals surface area contributed by atoms with Crippen LogP contribution < -0.4 is 5.73 Å². The molecule has 0 aliphatic heterocycles. The minimum atomic E-state index is -0.585. The number of nitrogens with two attached hydrogens (primary N) is 1. The van der Waals surface area contributed by atoms with E-state index in [9.17, 15) is 4.79 Å². The van der Waals surface area contributed by atoms with Gasteiger partial charge in [-0.25, -0.2) is 4.79 Å². The first-order valence-corrected chi connectivity index (χ1v) is 4.57. The van der Waals surface area contributed by atoms with Gasteiger partial charge in [0.15, 0.2) is 0 Å². The van der Waals surface area contributed by atoms with Crippen LogP contribution in [0.4, 0.5) is 5.69 Å². The van der Waals surface area contributed by atoms with Gasteiger partial charge in [0.05, 0.1) is 22.8 Å². The number of carbonyl (C=O) groups excluding carboxylic acids is 1. The molecule has 0 fully saturated rings. The zero-order valence-electron chi connectivity index (χ0n) is 7.73. The monoisotopic (exact) mass is 233 g/mol. The van der Waals surface area contributed by atoms with Gasteiger partial charge < -0.3 is 10.5 Å². The number of rotatable bonds is 1. The summed E-state index contributed by atoms with van der Waals surface area (Å²) < 4.78 is 4.55. The first-order valence-electron chi connectivity index (χ1n) is 3.81. The van der Waals surface area contributed by atoms with Crippen molar-refractivity contribution in [3.8, 4) is 0 Å². The molecule has 76 valence electrons. The van der Waals surface area contributed by atoms with Crippen molar-refractivity contribution in [1.82, 2.24) is 0 Å². The number of halogens is 2. The van der Waals surface area contributed by atoms with Gasteiger partial charge in [-0.15, -0.1) is 0 Å². The molecule has 0 bridgehead atoms. The Kier molecular flexibility index (Phi) is 3.24. The normalized spacial score (nSPS) is 10.0. The van der Waals surface area contributed by atoms with Gasteiger partial charge in [-0.1, -0.05) is 23.2 Å². The Morgan fingerprint density at radius 1 is 1.50 bits per heavy atom. The highest BCUT2D eigenvalue weighted by molar-refractivity contribution is 6.38. The fraction of sp³-hybridized carbons (Fsp3) is 0.222. The average Bonchev–Trinajstić information content (AvgIpc) is 2.15. The Morgan fingerprint density at radius 3 is 2.57 bits per heavy atom. The molecular formula is C9H9Cl2NO2. The van der Waals surface area contributed by atoms with Crippen LogP contribution in [0.15, 0.2) is 6.07 Å². The van der Waals surface area contributed by atoms with Crippen molar-refractivity contribution >= 4 is 34.9 Å². The number of anilines is 1. The summed E-state index contributed by atoms with van der Waals surface area (Å²) in [6.45, 7) is 1.74. The zero-order valence-corrected chi connectivity index (χ0v) is 9.24. The molecule has 0 aliphatic rings. The van der Waals surface area contributed by atoms with Gasteiger partial charge >= 0.3 is 5.97 Å². The van der Waals surface area contributed by atoms with Crippen molar-refractivity contribution in [2.45, 2.75) is 6.92 Å². The maximum Gasteiger partial charge on any atom is 0.341 e. The maximum absolute atomic E-state index is 11.3. The number of carbonyl (C=O) groups is 1. The first-order chi connectivity index (χ1) is 6.49. The Labute approximate surface area is 91.7 Å². The highest BCUT2D eigenvalue weighted by Gasteiger charge is 2.18. The molecule has 0 radical (unpaired) electrons. The molecule has 0 saturated heterocycles. The van der Waals surface area contributed by atoms with Crippen molar-refractivity contribution in [3.63, 3.8) is 0 Å². The molecule has 1 aromatic carbocycles. The summed E-state index contributed by atoms with van der Waals surface area (Å²) in [6, 6.07) is 1.60. The van der Waals surface area contributed by atoms with E-state index in [-0.39, 0.29) is 16.3 Å². The van der Waals surface area contributed by atoms with Gasteiger partial charge in [0.1, 0.15) is 5.56 Å². The number of benzene rings is 1. The SMILES string of the molecule is COC(=O)c1c(N)c(Cl)cc(C)c1Cl. The molecule has 0 saturated carbocycles. The predicted octanol–water partition coefficient (Wildman–Crippen LogP) is 2.67. The van der Waals surface area contributed by atoms with E-state index in [1.54, 1.807) is 13.0 Å². The number of methoxy groups -OCH3 is 1. The molecule has 0 spiro atoms. The molecule has 14 heavy (non-hydrogen) atoms. The number of hydrogen-bond donors (Lipinski definition) is 1. The summed E-state index contributed by atoms with van der Waals surface area (Å²) in [5.74, 6) is -0.585. The molecule has 3 nitrogen and oxygen atoms in total. The van der Waals surface area contributed by atoms with Gasteiger partial charge in [-0.2, -0.15) is 0 Å². The molecule has 0 unspecified atom stereocenters. The van der Waals surface area contributed by atoms with Gasteiger partial charge in [0, 0.05) is 0 Å². The minimum Gasteiger partial charge on any atom is -0.465 e. The summed E-state index contributed by atoms with van der Waals surface area (Å²) in [5, 5.41) is 0.575. The van der Waals surface area contributed by atoms with Crippen LogP contribution in [0, 0.1) is 6.92 Å². The van der Waals surface area contributed by atoms with E-state index in [0.717, 1.165) is 0 Å². The van der Waals surface area contributed by atoms with Gasteiger partial charge in [0.2, 0.25) is 0 Å². The molecule has 0 aliphatic carbocycles. The Bertz CT molecular complexity index is 365. The molecule has 0 aromatic heterocycles. The Morgan fingerprint density at radius 2 is 2.07 bits per heavy atom. The van der Waals surface area contributed by atoms with Crippen molar-refractivity contribution in [2.24, 2.45) is 0 Å². The smallest absolute Gasteiger partial charge is 0.341 e. The van der Waals surface area contributed by atoms with Crippen LogP contribution in [0.2, 0.25) is 10.0 Å². The van der Waals surface area contributed by atoms with E-state index >= 15 is 0 Å². The molecule has 0 atom stereocenters. The van der Waals surface area contributed by atoms with Crippen molar-refractivity contribution < 1.29 is 9.53 Å². The largest absolute Gasteiger partial charge is 0.465 e. The fourth-order valence-corrected chi connectivity index (χ4v) is 1.56. The standard InChI is InChI=1S/C9H9Cl2NO2/c1-4-3-5(10)8(12)6(7(4)11)9(13)14-2/h3H,12H2,1-2H3. The third kappa shape index (κ3) is 1.79. The lowest BCUT2D eigenvalue weighted by atomic mass is 10.1. The van der Waals surface area contributed by atoms with Crippen molar-refractivity contribution in [2.75, 3.05) is 12.8 Å². The zero-order chi connectivity index (χ0) is 10.9. The van der Waals surface area contributed by atoms with E-state index in [0.29, 0.717) is 10.6 Å². The number of ether oxygens (including phenoxy) is 1. The third-order valence-electron chi connectivity index (χ3n) is 1.83. The fourth-order valence-electron chi connectivity index (χ4n) is 1.07. The van der Waals surface area contributed by atoms with Gasteiger partial charge in [-0.05, 0) is 18.6 Å². The molecule has 0 heterocycles. The second-order valence-corrected chi connectivity index (χ2v) is 3.55. The number of aryl methyl sites for hydroxylation is 1. The Hall–Kier alpha value is -0.930. The predicted molar refractivity (Wildman–Crippen MR) is 57.0 cm³/mol.